The summed E-state index contributed by atoms with van der Waals surface area (Å²) in [6.45, 7) is 2.81. The van der Waals surface area contributed by atoms with Crippen molar-refractivity contribution in [2.24, 2.45) is 0 Å². The molecule has 0 aliphatic heterocycles. The summed E-state index contributed by atoms with van der Waals surface area (Å²) in [7, 11) is 1.74. The minimum atomic E-state index is 0.853. The Kier molecular flexibility index (Phi) is 7.28. The first-order chi connectivity index (χ1) is 7.74. The summed E-state index contributed by atoms with van der Waals surface area (Å²) in [5.74, 6) is 0. The van der Waals surface area contributed by atoms with E-state index in [2.05, 4.69) is 55.4 Å². The van der Waals surface area contributed by atoms with Crippen molar-refractivity contribution in [3.63, 3.8) is 0 Å². The third kappa shape index (κ3) is 5.43. The molecular formula is C12H17Br2NO. The number of ether oxygens (including phenoxy) is 1. The van der Waals surface area contributed by atoms with Crippen LogP contribution in [0.1, 0.15) is 18.4 Å². The number of rotatable bonds is 7. The van der Waals surface area contributed by atoms with Gasteiger partial charge in [0.05, 0.1) is 0 Å². The van der Waals surface area contributed by atoms with Crippen LogP contribution < -0.4 is 5.32 Å². The second kappa shape index (κ2) is 8.23. The molecule has 0 bridgehead atoms. The van der Waals surface area contributed by atoms with Gasteiger partial charge in [0.2, 0.25) is 0 Å². The second-order valence-electron chi connectivity index (χ2n) is 3.63. The molecule has 0 aromatic heterocycles. The van der Waals surface area contributed by atoms with Gasteiger partial charge in [-0.15, -0.1) is 0 Å². The van der Waals surface area contributed by atoms with E-state index < -0.39 is 0 Å². The average molecular weight is 351 g/mol. The van der Waals surface area contributed by atoms with Crippen LogP contribution in [0.2, 0.25) is 0 Å². The maximum Gasteiger partial charge on any atom is 0.0462 e. The summed E-state index contributed by atoms with van der Waals surface area (Å²) in [6, 6.07) is 6.31. The third-order valence-electron chi connectivity index (χ3n) is 2.27. The number of methoxy groups -OCH3 is 1. The lowest BCUT2D eigenvalue weighted by atomic mass is 10.2. The van der Waals surface area contributed by atoms with Gasteiger partial charge in [-0.1, -0.05) is 6.07 Å². The molecule has 16 heavy (non-hydrogen) atoms. The number of hydrogen-bond donors (Lipinski definition) is 1. The third-order valence-corrected chi connectivity index (χ3v) is 4.14. The van der Waals surface area contributed by atoms with Crippen LogP contribution in [-0.2, 0) is 11.3 Å². The van der Waals surface area contributed by atoms with E-state index in [9.17, 15) is 0 Å². The minimum Gasteiger partial charge on any atom is -0.385 e. The molecule has 0 fully saturated rings. The SMILES string of the molecule is COCCCCNCc1ccc(Br)c(Br)c1. The van der Waals surface area contributed by atoms with Gasteiger partial charge in [0.1, 0.15) is 0 Å². The summed E-state index contributed by atoms with van der Waals surface area (Å²) in [5.41, 5.74) is 1.29. The number of benzene rings is 1. The van der Waals surface area contributed by atoms with E-state index in [-0.39, 0.29) is 0 Å². The summed E-state index contributed by atoms with van der Waals surface area (Å²) in [5, 5.41) is 3.42. The van der Waals surface area contributed by atoms with Crippen LogP contribution >= 0.6 is 31.9 Å². The summed E-state index contributed by atoms with van der Waals surface area (Å²) < 4.78 is 7.19. The smallest absolute Gasteiger partial charge is 0.0462 e. The minimum absolute atomic E-state index is 0.853. The fourth-order valence-electron chi connectivity index (χ4n) is 1.38. The van der Waals surface area contributed by atoms with Crippen molar-refractivity contribution in [3.8, 4) is 0 Å². The van der Waals surface area contributed by atoms with Crippen LogP contribution in [-0.4, -0.2) is 20.3 Å². The number of nitrogens with one attached hydrogen (secondary N) is 1. The topological polar surface area (TPSA) is 21.3 Å². The zero-order valence-corrected chi connectivity index (χ0v) is 12.6. The summed E-state index contributed by atoms with van der Waals surface area (Å²) in [6.07, 6.45) is 2.28. The van der Waals surface area contributed by atoms with Crippen molar-refractivity contribution < 1.29 is 4.74 Å². The average Bonchev–Trinajstić information content (AvgIpc) is 2.28. The Labute approximate surface area is 114 Å². The van der Waals surface area contributed by atoms with Gasteiger partial charge in [0.25, 0.3) is 0 Å². The Bertz CT molecular complexity index is 318. The van der Waals surface area contributed by atoms with E-state index in [1.54, 1.807) is 7.11 Å². The molecule has 0 heterocycles. The van der Waals surface area contributed by atoms with E-state index >= 15 is 0 Å². The monoisotopic (exact) mass is 349 g/mol. The van der Waals surface area contributed by atoms with Crippen molar-refractivity contribution >= 4 is 31.9 Å². The van der Waals surface area contributed by atoms with Gasteiger partial charge in [-0.2, -0.15) is 0 Å². The molecule has 90 valence electrons. The normalized spacial score (nSPS) is 10.7. The van der Waals surface area contributed by atoms with Crippen LogP contribution in [0, 0.1) is 0 Å². The highest BCUT2D eigenvalue weighted by molar-refractivity contribution is 9.13. The maximum atomic E-state index is 5.00. The highest BCUT2D eigenvalue weighted by Gasteiger charge is 1.98. The molecule has 1 N–H and O–H groups in total. The fraction of sp³-hybridized carbons (Fsp3) is 0.500. The molecule has 0 spiro atoms. The molecule has 1 aromatic rings. The molecule has 0 atom stereocenters. The van der Waals surface area contributed by atoms with Crippen LogP contribution in [0.4, 0.5) is 0 Å². The van der Waals surface area contributed by atoms with Gasteiger partial charge in [0.15, 0.2) is 0 Å². The molecule has 0 aliphatic rings. The van der Waals surface area contributed by atoms with E-state index in [1.165, 1.54) is 5.56 Å². The first-order valence-electron chi connectivity index (χ1n) is 5.37. The van der Waals surface area contributed by atoms with Crippen LogP contribution in [0.15, 0.2) is 27.1 Å². The van der Waals surface area contributed by atoms with Gasteiger partial charge in [0, 0.05) is 29.2 Å². The Hall–Kier alpha value is 0.1000. The lowest BCUT2D eigenvalue weighted by Crippen LogP contribution is -2.15. The molecule has 0 radical (unpaired) electrons. The van der Waals surface area contributed by atoms with Gasteiger partial charge in [-0.25, -0.2) is 0 Å². The molecule has 0 aliphatic carbocycles. The molecule has 0 amide bonds. The van der Waals surface area contributed by atoms with Crippen molar-refractivity contribution in [2.75, 3.05) is 20.3 Å². The van der Waals surface area contributed by atoms with Gasteiger partial charge in [-0.3, -0.25) is 0 Å². The van der Waals surface area contributed by atoms with Gasteiger partial charge < -0.3 is 10.1 Å². The van der Waals surface area contributed by atoms with Crippen LogP contribution in [0.3, 0.4) is 0 Å². The van der Waals surface area contributed by atoms with Crippen molar-refractivity contribution in [3.05, 3.63) is 32.7 Å². The van der Waals surface area contributed by atoms with Crippen molar-refractivity contribution in [1.29, 1.82) is 0 Å². The van der Waals surface area contributed by atoms with Crippen molar-refractivity contribution in [2.45, 2.75) is 19.4 Å². The Balaban J connectivity index is 2.19. The van der Waals surface area contributed by atoms with Gasteiger partial charge in [-0.05, 0) is 68.9 Å². The van der Waals surface area contributed by atoms with Crippen molar-refractivity contribution in [1.82, 2.24) is 5.32 Å². The molecule has 1 aromatic carbocycles. The predicted octanol–water partition coefficient (Wildman–Crippen LogP) is 3.73. The first-order valence-corrected chi connectivity index (χ1v) is 6.96. The fourth-order valence-corrected chi connectivity index (χ4v) is 2.05. The Morgan fingerprint density at radius 1 is 1.19 bits per heavy atom. The van der Waals surface area contributed by atoms with E-state index in [0.717, 1.165) is 41.5 Å². The predicted molar refractivity (Wildman–Crippen MR) is 74.7 cm³/mol. The van der Waals surface area contributed by atoms with Crippen LogP contribution in [0.5, 0.6) is 0 Å². The second-order valence-corrected chi connectivity index (χ2v) is 5.33. The van der Waals surface area contributed by atoms with E-state index in [4.69, 9.17) is 4.74 Å². The maximum absolute atomic E-state index is 5.00. The molecule has 0 saturated heterocycles. The van der Waals surface area contributed by atoms with Gasteiger partial charge >= 0.3 is 0 Å². The van der Waals surface area contributed by atoms with E-state index in [0.29, 0.717) is 0 Å². The first kappa shape index (κ1) is 14.2. The quantitative estimate of drug-likeness (QED) is 0.756. The molecule has 0 saturated carbocycles. The highest BCUT2D eigenvalue weighted by atomic mass is 79.9. The number of hydrogen-bond acceptors (Lipinski definition) is 2. The summed E-state index contributed by atoms with van der Waals surface area (Å²) in [4.78, 5) is 0. The van der Waals surface area contributed by atoms with E-state index in [1.807, 2.05) is 0 Å². The molecule has 2 nitrogen and oxygen atoms in total. The Morgan fingerprint density at radius 3 is 2.69 bits per heavy atom. The summed E-state index contributed by atoms with van der Waals surface area (Å²) >= 11 is 6.96. The number of halogens is 2. The molecule has 1 rings (SSSR count). The largest absolute Gasteiger partial charge is 0.385 e. The standard InChI is InChI=1S/C12H17Br2NO/c1-16-7-3-2-6-15-9-10-4-5-11(13)12(14)8-10/h4-5,8,15H,2-3,6-7,9H2,1H3. The Morgan fingerprint density at radius 2 is 2.00 bits per heavy atom. The highest BCUT2D eigenvalue weighted by Crippen LogP contribution is 2.23. The zero-order valence-electron chi connectivity index (χ0n) is 9.43. The molecule has 4 heteroatoms. The lowest BCUT2D eigenvalue weighted by molar-refractivity contribution is 0.192. The number of unbranched alkanes of at least 4 members (excludes halogenated alkanes) is 1. The van der Waals surface area contributed by atoms with Crippen LogP contribution in [0.25, 0.3) is 0 Å². The zero-order chi connectivity index (χ0) is 11.8. The lowest BCUT2D eigenvalue weighted by Gasteiger charge is -2.06. The molecular weight excluding hydrogens is 334 g/mol. The molecule has 0 unspecified atom stereocenters.